The molecule has 1 aliphatic rings. The van der Waals surface area contributed by atoms with Gasteiger partial charge in [-0.05, 0) is 55.3 Å². The Morgan fingerprint density at radius 2 is 1.75 bits per heavy atom. The third-order valence-electron chi connectivity index (χ3n) is 4.24. The molecule has 4 heteroatoms. The van der Waals surface area contributed by atoms with Crippen molar-refractivity contribution in [1.82, 2.24) is 4.98 Å². The van der Waals surface area contributed by atoms with Crippen LogP contribution in [0.25, 0.3) is 11.1 Å². The molecule has 128 valence electrons. The second kappa shape index (κ2) is 9.83. The molecule has 24 heavy (non-hydrogen) atoms. The molecule has 1 fully saturated rings. The summed E-state index contributed by atoms with van der Waals surface area (Å²) < 4.78 is 5.47. The third-order valence-corrected chi connectivity index (χ3v) is 4.24. The van der Waals surface area contributed by atoms with Gasteiger partial charge in [0.2, 0.25) is 0 Å². The maximum atomic E-state index is 5.47. The van der Waals surface area contributed by atoms with E-state index in [9.17, 15) is 0 Å². The molecule has 1 aliphatic carbocycles. The van der Waals surface area contributed by atoms with Gasteiger partial charge in [0.15, 0.2) is 0 Å². The van der Waals surface area contributed by atoms with Crippen molar-refractivity contribution in [3.05, 3.63) is 48.3 Å². The van der Waals surface area contributed by atoms with Crippen molar-refractivity contribution in [1.29, 1.82) is 0 Å². The van der Waals surface area contributed by atoms with Gasteiger partial charge in [-0.25, -0.2) is 0 Å². The zero-order chi connectivity index (χ0) is 17.2. The molecule has 2 aromatic rings. The molecular formula is C20H27N3O. The van der Waals surface area contributed by atoms with Crippen molar-refractivity contribution >= 4 is 6.21 Å². The van der Waals surface area contributed by atoms with Gasteiger partial charge < -0.3 is 10.5 Å². The Morgan fingerprint density at radius 1 is 1.04 bits per heavy atom. The number of hydrogen-bond acceptors (Lipinski definition) is 4. The zero-order valence-corrected chi connectivity index (χ0v) is 14.6. The molecule has 0 unspecified atom stereocenters. The van der Waals surface area contributed by atoms with Crippen LogP contribution in [0.1, 0.15) is 37.7 Å². The highest BCUT2D eigenvalue weighted by atomic mass is 16.5. The molecule has 1 saturated carbocycles. The SMILES string of the molecule is CN.COc1ccc(-c2ccncc2)cc1C=NC1CCCCC1. The Morgan fingerprint density at radius 3 is 2.42 bits per heavy atom. The first-order valence-corrected chi connectivity index (χ1v) is 8.56. The van der Waals surface area contributed by atoms with Crippen molar-refractivity contribution in [2.24, 2.45) is 10.7 Å². The minimum absolute atomic E-state index is 0.475. The summed E-state index contributed by atoms with van der Waals surface area (Å²) >= 11 is 0. The fourth-order valence-electron chi connectivity index (χ4n) is 2.97. The van der Waals surface area contributed by atoms with Gasteiger partial charge in [0, 0.05) is 30.2 Å². The standard InChI is InChI=1S/C19H22N2O.CH5N/c1-22-19-8-7-16(15-9-11-20-12-10-15)13-17(19)14-21-18-5-3-2-4-6-18;1-2/h7-14,18H,2-6H2,1H3;2H2,1H3. The molecule has 1 aromatic carbocycles. The first-order valence-electron chi connectivity index (χ1n) is 8.56. The summed E-state index contributed by atoms with van der Waals surface area (Å²) in [7, 11) is 3.21. The number of rotatable bonds is 4. The van der Waals surface area contributed by atoms with E-state index in [4.69, 9.17) is 9.73 Å². The number of aromatic nitrogens is 1. The van der Waals surface area contributed by atoms with Crippen LogP contribution in [0.15, 0.2) is 47.7 Å². The normalized spacial score (nSPS) is 15.0. The van der Waals surface area contributed by atoms with Gasteiger partial charge in [0.1, 0.15) is 5.75 Å². The topological polar surface area (TPSA) is 60.5 Å². The Balaban J connectivity index is 0.00000100. The lowest BCUT2D eigenvalue weighted by Gasteiger charge is -2.17. The number of pyridine rings is 1. The van der Waals surface area contributed by atoms with E-state index in [1.165, 1.54) is 39.2 Å². The predicted octanol–water partition coefficient (Wildman–Crippen LogP) is 4.08. The second-order valence-electron chi connectivity index (χ2n) is 5.76. The molecule has 4 nitrogen and oxygen atoms in total. The summed E-state index contributed by atoms with van der Waals surface area (Å²) in [6.45, 7) is 0. The van der Waals surface area contributed by atoms with Crippen LogP contribution in [0.4, 0.5) is 0 Å². The van der Waals surface area contributed by atoms with Gasteiger partial charge >= 0.3 is 0 Å². The van der Waals surface area contributed by atoms with Crippen LogP contribution in [-0.4, -0.2) is 31.4 Å². The maximum Gasteiger partial charge on any atom is 0.127 e. The molecule has 1 heterocycles. The van der Waals surface area contributed by atoms with Crippen LogP contribution in [0.2, 0.25) is 0 Å². The third kappa shape index (κ3) is 4.90. The van der Waals surface area contributed by atoms with Crippen LogP contribution in [0.5, 0.6) is 5.75 Å². The van der Waals surface area contributed by atoms with Gasteiger partial charge in [0.05, 0.1) is 7.11 Å². The van der Waals surface area contributed by atoms with E-state index in [0.29, 0.717) is 6.04 Å². The summed E-state index contributed by atoms with van der Waals surface area (Å²) in [6.07, 6.45) is 12.0. The average Bonchev–Trinajstić information content (AvgIpc) is 2.69. The van der Waals surface area contributed by atoms with Crippen LogP contribution >= 0.6 is 0 Å². The van der Waals surface area contributed by atoms with E-state index < -0.39 is 0 Å². The smallest absolute Gasteiger partial charge is 0.127 e. The number of nitrogens with zero attached hydrogens (tertiary/aromatic N) is 2. The van der Waals surface area contributed by atoms with Crippen LogP contribution < -0.4 is 10.5 Å². The van der Waals surface area contributed by atoms with E-state index in [0.717, 1.165) is 22.4 Å². The molecule has 0 atom stereocenters. The van der Waals surface area contributed by atoms with Crippen molar-refractivity contribution in [3.8, 4) is 16.9 Å². The predicted molar refractivity (Wildman–Crippen MR) is 101 cm³/mol. The number of benzene rings is 1. The monoisotopic (exact) mass is 325 g/mol. The lowest BCUT2D eigenvalue weighted by molar-refractivity contribution is 0.414. The Labute approximate surface area is 144 Å². The Bertz CT molecular complexity index is 635. The largest absolute Gasteiger partial charge is 0.496 e. The molecule has 0 amide bonds. The average molecular weight is 325 g/mol. The fourth-order valence-corrected chi connectivity index (χ4v) is 2.97. The fraction of sp³-hybridized carbons (Fsp3) is 0.400. The van der Waals surface area contributed by atoms with Crippen LogP contribution in [0, 0.1) is 0 Å². The van der Waals surface area contributed by atoms with E-state index in [-0.39, 0.29) is 0 Å². The molecular weight excluding hydrogens is 298 g/mol. The summed E-state index contributed by atoms with van der Waals surface area (Å²) in [5, 5.41) is 0. The molecule has 0 aliphatic heterocycles. The molecule has 2 N–H and O–H groups in total. The van der Waals surface area contributed by atoms with E-state index in [2.05, 4.69) is 22.9 Å². The number of aliphatic imine (C=N–C) groups is 1. The first-order chi connectivity index (χ1) is 11.9. The summed E-state index contributed by atoms with van der Waals surface area (Å²) in [5.41, 5.74) is 7.86. The number of hydrogen-bond donors (Lipinski definition) is 1. The molecule has 1 aromatic heterocycles. The van der Waals surface area contributed by atoms with Gasteiger partial charge in [-0.1, -0.05) is 25.3 Å². The van der Waals surface area contributed by atoms with Gasteiger partial charge in [-0.3, -0.25) is 9.98 Å². The Kier molecular flexibility index (Phi) is 7.43. The first kappa shape index (κ1) is 18.1. The van der Waals surface area contributed by atoms with Crippen molar-refractivity contribution in [2.75, 3.05) is 14.2 Å². The molecule has 0 saturated heterocycles. The Hall–Kier alpha value is -2.20. The van der Waals surface area contributed by atoms with Crippen molar-refractivity contribution in [2.45, 2.75) is 38.1 Å². The number of methoxy groups -OCH3 is 1. The van der Waals surface area contributed by atoms with Gasteiger partial charge in [-0.2, -0.15) is 0 Å². The second-order valence-corrected chi connectivity index (χ2v) is 5.76. The highest BCUT2D eigenvalue weighted by Gasteiger charge is 2.11. The lowest BCUT2D eigenvalue weighted by Crippen LogP contribution is -2.09. The highest BCUT2D eigenvalue weighted by molar-refractivity contribution is 5.86. The number of nitrogens with two attached hydrogens (primary N) is 1. The minimum atomic E-state index is 0.475. The van der Waals surface area contributed by atoms with Crippen molar-refractivity contribution in [3.63, 3.8) is 0 Å². The number of ether oxygens (including phenoxy) is 1. The molecule has 0 radical (unpaired) electrons. The lowest BCUT2D eigenvalue weighted by atomic mass is 9.96. The van der Waals surface area contributed by atoms with Gasteiger partial charge in [-0.15, -0.1) is 0 Å². The van der Waals surface area contributed by atoms with Crippen molar-refractivity contribution < 1.29 is 4.74 Å². The molecule has 0 bridgehead atoms. The quantitative estimate of drug-likeness (QED) is 0.862. The van der Waals surface area contributed by atoms with Gasteiger partial charge in [0.25, 0.3) is 0 Å². The molecule has 0 spiro atoms. The molecule has 3 rings (SSSR count). The maximum absolute atomic E-state index is 5.47. The van der Waals surface area contributed by atoms with Crippen LogP contribution in [0.3, 0.4) is 0 Å². The summed E-state index contributed by atoms with van der Waals surface area (Å²) in [4.78, 5) is 8.85. The van der Waals surface area contributed by atoms with E-state index >= 15 is 0 Å². The van der Waals surface area contributed by atoms with Crippen LogP contribution in [-0.2, 0) is 0 Å². The summed E-state index contributed by atoms with van der Waals surface area (Å²) in [6, 6.07) is 10.7. The van der Waals surface area contributed by atoms with E-state index in [1.54, 1.807) is 7.11 Å². The minimum Gasteiger partial charge on any atom is -0.496 e. The summed E-state index contributed by atoms with van der Waals surface area (Å²) in [5.74, 6) is 0.873. The van der Waals surface area contributed by atoms with E-state index in [1.807, 2.05) is 36.8 Å². The zero-order valence-electron chi connectivity index (χ0n) is 14.6. The highest BCUT2D eigenvalue weighted by Crippen LogP contribution is 2.26.